The Kier molecular flexibility index (Phi) is 2.48. The summed E-state index contributed by atoms with van der Waals surface area (Å²) < 4.78 is 13.1. The smallest absolute Gasteiger partial charge is 0.123 e. The van der Waals surface area contributed by atoms with E-state index in [0.717, 1.165) is 24.0 Å². The third-order valence-corrected chi connectivity index (χ3v) is 3.12. The van der Waals surface area contributed by atoms with Crippen molar-refractivity contribution >= 4 is 11.6 Å². The summed E-state index contributed by atoms with van der Waals surface area (Å²) in [6.45, 7) is 0. The average molecular weight is 225 g/mol. The van der Waals surface area contributed by atoms with Gasteiger partial charge >= 0.3 is 0 Å². The van der Waals surface area contributed by atoms with Crippen molar-refractivity contribution in [3.05, 3.63) is 65.2 Å². The van der Waals surface area contributed by atoms with Crippen LogP contribution in [-0.2, 0) is 6.42 Å². The summed E-state index contributed by atoms with van der Waals surface area (Å²) in [4.78, 5) is 4.00. The lowest BCUT2D eigenvalue weighted by Gasteiger charge is -2.01. The molecule has 2 aromatic rings. The second kappa shape index (κ2) is 4.13. The van der Waals surface area contributed by atoms with Gasteiger partial charge in [0, 0.05) is 12.4 Å². The molecule has 1 heterocycles. The Hall–Kier alpha value is -1.96. The normalized spacial score (nSPS) is 16.2. The fraction of sp³-hybridized carbons (Fsp3) is 0.133. The van der Waals surface area contributed by atoms with Gasteiger partial charge in [0.25, 0.3) is 0 Å². The quantitative estimate of drug-likeness (QED) is 0.721. The molecule has 1 aliphatic carbocycles. The Balaban J connectivity index is 2.02. The minimum Gasteiger partial charge on any atom is -0.265 e. The molecule has 0 spiro atoms. The first kappa shape index (κ1) is 10.2. The molecule has 0 amide bonds. The van der Waals surface area contributed by atoms with Gasteiger partial charge in [0.15, 0.2) is 0 Å². The first-order valence-electron chi connectivity index (χ1n) is 5.72. The average Bonchev–Trinajstić information content (AvgIpc) is 2.73. The molecular formula is C15H12FN. The predicted octanol–water partition coefficient (Wildman–Crippen LogP) is 3.71. The lowest BCUT2D eigenvalue weighted by atomic mass is 10.1. The SMILES string of the molecule is Fc1ccc2c(c1)CC/C2=C/c1ccncc1. The lowest BCUT2D eigenvalue weighted by molar-refractivity contribution is 0.626. The van der Waals surface area contributed by atoms with Crippen LogP contribution < -0.4 is 0 Å². The number of aryl methyl sites for hydroxylation is 1. The zero-order chi connectivity index (χ0) is 11.7. The molecule has 1 nitrogen and oxygen atoms in total. The van der Waals surface area contributed by atoms with Crippen molar-refractivity contribution < 1.29 is 4.39 Å². The Morgan fingerprint density at radius 2 is 1.88 bits per heavy atom. The number of aromatic nitrogens is 1. The van der Waals surface area contributed by atoms with Crippen LogP contribution in [0.2, 0.25) is 0 Å². The van der Waals surface area contributed by atoms with Gasteiger partial charge in [-0.1, -0.05) is 12.1 Å². The molecule has 0 saturated heterocycles. The maximum Gasteiger partial charge on any atom is 0.123 e. The molecule has 17 heavy (non-hydrogen) atoms. The highest BCUT2D eigenvalue weighted by atomic mass is 19.1. The van der Waals surface area contributed by atoms with Crippen molar-refractivity contribution in [2.75, 3.05) is 0 Å². The molecule has 2 heteroatoms. The van der Waals surface area contributed by atoms with Crippen molar-refractivity contribution in [1.29, 1.82) is 0 Å². The summed E-state index contributed by atoms with van der Waals surface area (Å²) in [5.41, 5.74) is 4.73. The summed E-state index contributed by atoms with van der Waals surface area (Å²) in [6.07, 6.45) is 7.65. The fourth-order valence-electron chi connectivity index (χ4n) is 2.30. The topological polar surface area (TPSA) is 12.9 Å². The molecule has 0 bridgehead atoms. The van der Waals surface area contributed by atoms with Gasteiger partial charge in [-0.05, 0) is 59.4 Å². The second-order valence-corrected chi connectivity index (χ2v) is 4.25. The summed E-state index contributed by atoms with van der Waals surface area (Å²) in [6, 6.07) is 9.01. The molecule has 0 unspecified atom stereocenters. The maximum absolute atomic E-state index is 13.1. The molecule has 1 aromatic heterocycles. The van der Waals surface area contributed by atoms with Crippen LogP contribution in [0.15, 0.2) is 42.7 Å². The van der Waals surface area contributed by atoms with Crippen molar-refractivity contribution in [1.82, 2.24) is 4.98 Å². The minimum atomic E-state index is -0.145. The second-order valence-electron chi connectivity index (χ2n) is 4.25. The largest absolute Gasteiger partial charge is 0.265 e. The molecule has 0 aliphatic heterocycles. The molecule has 1 aliphatic rings. The van der Waals surface area contributed by atoms with Crippen molar-refractivity contribution in [3.63, 3.8) is 0 Å². The Labute approximate surface area is 99.6 Å². The number of allylic oxidation sites excluding steroid dienone is 1. The van der Waals surface area contributed by atoms with E-state index in [-0.39, 0.29) is 5.82 Å². The van der Waals surface area contributed by atoms with E-state index in [2.05, 4.69) is 11.1 Å². The van der Waals surface area contributed by atoms with Crippen LogP contribution in [0.3, 0.4) is 0 Å². The monoisotopic (exact) mass is 225 g/mol. The summed E-state index contributed by atoms with van der Waals surface area (Å²) in [7, 11) is 0. The van der Waals surface area contributed by atoms with E-state index in [9.17, 15) is 4.39 Å². The van der Waals surface area contributed by atoms with Gasteiger partial charge in [-0.3, -0.25) is 4.98 Å². The number of nitrogens with zero attached hydrogens (tertiary/aromatic N) is 1. The van der Waals surface area contributed by atoms with Crippen LogP contribution in [0.4, 0.5) is 4.39 Å². The third kappa shape index (κ3) is 1.98. The Bertz CT molecular complexity index is 573. The van der Waals surface area contributed by atoms with E-state index in [4.69, 9.17) is 0 Å². The fourth-order valence-corrected chi connectivity index (χ4v) is 2.30. The number of halogens is 1. The molecule has 1 aromatic carbocycles. The Morgan fingerprint density at radius 3 is 2.71 bits per heavy atom. The highest BCUT2D eigenvalue weighted by molar-refractivity contribution is 5.85. The van der Waals surface area contributed by atoms with E-state index in [0.29, 0.717) is 0 Å². The number of pyridine rings is 1. The summed E-state index contributed by atoms with van der Waals surface area (Å²) in [5.74, 6) is -0.145. The standard InChI is InChI=1S/C15H12FN/c16-14-3-4-15-12(1-2-13(15)10-14)9-11-5-7-17-8-6-11/h3-10H,1-2H2/b12-9-. The Morgan fingerprint density at radius 1 is 1.06 bits per heavy atom. The molecule has 0 fully saturated rings. The van der Waals surface area contributed by atoms with Gasteiger partial charge in [0.1, 0.15) is 5.82 Å². The van der Waals surface area contributed by atoms with Crippen LogP contribution in [-0.4, -0.2) is 4.98 Å². The molecule has 0 radical (unpaired) electrons. The summed E-state index contributed by atoms with van der Waals surface area (Å²) >= 11 is 0. The molecule has 84 valence electrons. The molecule has 3 rings (SSSR count). The van der Waals surface area contributed by atoms with E-state index < -0.39 is 0 Å². The van der Waals surface area contributed by atoms with E-state index in [1.807, 2.05) is 18.2 Å². The number of hydrogen-bond donors (Lipinski definition) is 0. The maximum atomic E-state index is 13.1. The van der Waals surface area contributed by atoms with Gasteiger partial charge in [-0.15, -0.1) is 0 Å². The van der Waals surface area contributed by atoms with Crippen molar-refractivity contribution in [3.8, 4) is 0 Å². The molecular weight excluding hydrogens is 213 g/mol. The van der Waals surface area contributed by atoms with E-state index in [1.54, 1.807) is 18.5 Å². The number of benzene rings is 1. The third-order valence-electron chi connectivity index (χ3n) is 3.12. The van der Waals surface area contributed by atoms with Crippen LogP contribution >= 0.6 is 0 Å². The molecule has 0 saturated carbocycles. The van der Waals surface area contributed by atoms with E-state index in [1.165, 1.54) is 17.2 Å². The first-order chi connectivity index (χ1) is 8.33. The zero-order valence-electron chi connectivity index (χ0n) is 9.36. The van der Waals surface area contributed by atoms with Gasteiger partial charge in [0.2, 0.25) is 0 Å². The van der Waals surface area contributed by atoms with Crippen LogP contribution in [0.5, 0.6) is 0 Å². The lowest BCUT2D eigenvalue weighted by Crippen LogP contribution is -1.83. The molecule has 0 N–H and O–H groups in total. The first-order valence-corrected chi connectivity index (χ1v) is 5.72. The van der Waals surface area contributed by atoms with Gasteiger partial charge in [-0.25, -0.2) is 4.39 Å². The highest BCUT2D eigenvalue weighted by Gasteiger charge is 2.16. The number of rotatable bonds is 1. The van der Waals surface area contributed by atoms with Gasteiger partial charge in [0.05, 0.1) is 0 Å². The number of fused-ring (bicyclic) bond motifs is 1. The van der Waals surface area contributed by atoms with Crippen molar-refractivity contribution in [2.45, 2.75) is 12.8 Å². The van der Waals surface area contributed by atoms with E-state index >= 15 is 0 Å². The van der Waals surface area contributed by atoms with Crippen LogP contribution in [0.1, 0.15) is 23.1 Å². The summed E-state index contributed by atoms with van der Waals surface area (Å²) in [5, 5.41) is 0. The van der Waals surface area contributed by atoms with Crippen LogP contribution in [0, 0.1) is 5.82 Å². The minimum absolute atomic E-state index is 0.145. The number of hydrogen-bond acceptors (Lipinski definition) is 1. The highest BCUT2D eigenvalue weighted by Crippen LogP contribution is 2.33. The zero-order valence-corrected chi connectivity index (χ0v) is 9.36. The molecule has 0 atom stereocenters. The van der Waals surface area contributed by atoms with Gasteiger partial charge < -0.3 is 0 Å². The van der Waals surface area contributed by atoms with Gasteiger partial charge in [-0.2, -0.15) is 0 Å². The van der Waals surface area contributed by atoms with Crippen molar-refractivity contribution in [2.24, 2.45) is 0 Å². The predicted molar refractivity (Wildman–Crippen MR) is 66.8 cm³/mol. The van der Waals surface area contributed by atoms with Crippen LogP contribution in [0.25, 0.3) is 11.6 Å².